The number of rotatable bonds is 0. The first-order valence-corrected chi connectivity index (χ1v) is 0. The second-order valence-corrected chi connectivity index (χ2v) is 0. The first kappa shape index (κ1) is 534. The molecule has 0 aliphatic rings. The minimum absolute atomic E-state index is 0. The van der Waals surface area contributed by atoms with Crippen molar-refractivity contribution < 1.29 is 61.2 Å². The number of hydrogen-bond acceptors (Lipinski definition) is 2. The molecule has 5 nitrogen and oxygen atoms in total. The molecule has 0 heterocycles. The van der Waals surface area contributed by atoms with Crippen LogP contribution in [0.3, 0.4) is 0 Å². The molecule has 0 radical (unpaired) electrons. The van der Waals surface area contributed by atoms with Crippen LogP contribution in [0.5, 0.6) is 0 Å². The molecule has 0 bridgehead atoms. The van der Waals surface area contributed by atoms with Gasteiger partial charge in [-0.15, -0.1) is 0 Å². The van der Waals surface area contributed by atoms with Crippen LogP contribution in [0, 0.1) is 0 Å². The van der Waals surface area contributed by atoms with Gasteiger partial charge in [0.1, 0.15) is 0 Å². The average molecular weight is 199 g/mol. The van der Waals surface area contributed by atoms with E-state index in [4.69, 9.17) is 0 Å². The van der Waals surface area contributed by atoms with Crippen molar-refractivity contribution >= 4 is 0 Å². The summed E-state index contributed by atoms with van der Waals surface area (Å²) in [5.74, 6) is 0. The van der Waals surface area contributed by atoms with Gasteiger partial charge in [0.15, 0.2) is 0 Å². The Morgan fingerprint density at radius 2 is 0.571 bits per heavy atom. The van der Waals surface area contributed by atoms with Crippen molar-refractivity contribution in [3.63, 3.8) is 0 Å². The van der Waals surface area contributed by atoms with Crippen molar-refractivity contribution in [3.8, 4) is 0 Å². The molecule has 0 unspecified atom stereocenters. The molecule has 0 fully saturated rings. The molecule has 0 amide bonds. The standard InChI is InChI=1S/Cr.Ni.5H2O/h;;5*1H2/q;+2;;;;;/p-2. The van der Waals surface area contributed by atoms with Gasteiger partial charge < -0.3 is 27.4 Å². The molecule has 0 aliphatic carbocycles. The van der Waals surface area contributed by atoms with E-state index >= 15 is 0 Å². The monoisotopic (exact) mass is 198 g/mol. The Morgan fingerprint density at radius 3 is 0.571 bits per heavy atom. The van der Waals surface area contributed by atoms with Crippen LogP contribution in [-0.4, -0.2) is 27.4 Å². The van der Waals surface area contributed by atoms with Crippen molar-refractivity contribution in [1.82, 2.24) is 0 Å². The fraction of sp³-hybridized carbons (Fsp3) is 0. The van der Waals surface area contributed by atoms with E-state index in [-0.39, 0.29) is 61.2 Å². The van der Waals surface area contributed by atoms with Gasteiger partial charge in [-0.3, -0.25) is 0 Å². The molecule has 0 aromatic carbocycles. The van der Waals surface area contributed by atoms with Gasteiger partial charge in [0.25, 0.3) is 0 Å². The molecule has 8 N–H and O–H groups in total. The van der Waals surface area contributed by atoms with Crippen molar-refractivity contribution in [3.05, 3.63) is 0 Å². The van der Waals surface area contributed by atoms with Crippen LogP contribution in [0.2, 0.25) is 0 Å². The third-order valence-corrected chi connectivity index (χ3v) is 0. The fourth-order valence-corrected chi connectivity index (χ4v) is 0. The Bertz CT molecular complexity index is 8.04. The molecular weight excluding hydrogens is 191 g/mol. The second-order valence-electron chi connectivity index (χ2n) is 0. The molecule has 7 heavy (non-hydrogen) atoms. The van der Waals surface area contributed by atoms with E-state index in [9.17, 15) is 0 Å². The van der Waals surface area contributed by atoms with Crippen molar-refractivity contribution in [2.75, 3.05) is 0 Å². The van der Waals surface area contributed by atoms with Crippen molar-refractivity contribution in [1.29, 1.82) is 0 Å². The maximum absolute atomic E-state index is 0. The quantitative estimate of drug-likeness (QED) is 0.385. The topological polar surface area (TPSA) is 154 Å². The zero-order valence-electron chi connectivity index (χ0n) is 3.12. The summed E-state index contributed by atoms with van der Waals surface area (Å²) in [7, 11) is 0. The first-order valence-electron chi connectivity index (χ1n) is 0. The van der Waals surface area contributed by atoms with Gasteiger partial charge >= 0.3 is 16.5 Å². The summed E-state index contributed by atoms with van der Waals surface area (Å²) >= 11 is 0. The van der Waals surface area contributed by atoms with Gasteiger partial charge in [-0.05, 0) is 0 Å². The van der Waals surface area contributed by atoms with Crippen LogP contribution in [-0.2, 0) is 33.9 Å². The fourth-order valence-electron chi connectivity index (χ4n) is 0. The van der Waals surface area contributed by atoms with E-state index in [0.717, 1.165) is 0 Å². The smallest absolute Gasteiger partial charge is 0.870 e. The van der Waals surface area contributed by atoms with Crippen LogP contribution >= 0.6 is 0 Å². The van der Waals surface area contributed by atoms with Gasteiger partial charge in [-0.25, -0.2) is 0 Å². The largest absolute Gasteiger partial charge is 2.00 e. The summed E-state index contributed by atoms with van der Waals surface area (Å²) in [4.78, 5) is 0. The zero-order chi connectivity index (χ0) is 0. The Hall–Kier alpha value is 0.826. The molecule has 0 rings (SSSR count). The van der Waals surface area contributed by atoms with E-state index in [0.29, 0.717) is 0 Å². The van der Waals surface area contributed by atoms with Gasteiger partial charge in [-0.1, -0.05) is 0 Å². The summed E-state index contributed by atoms with van der Waals surface area (Å²) in [6.07, 6.45) is 0. The predicted octanol–water partition coefficient (Wildman–Crippen LogP) is -2.83. The van der Waals surface area contributed by atoms with Gasteiger partial charge in [-0.2, -0.15) is 0 Å². The van der Waals surface area contributed by atoms with E-state index < -0.39 is 0 Å². The molecule has 0 spiro atoms. The Labute approximate surface area is 61.7 Å². The van der Waals surface area contributed by atoms with Crippen LogP contribution < -0.4 is 0 Å². The van der Waals surface area contributed by atoms with E-state index in [1.165, 1.54) is 0 Å². The van der Waals surface area contributed by atoms with Crippen LogP contribution in [0.4, 0.5) is 0 Å². The minimum atomic E-state index is 0. The second kappa shape index (κ2) is 340. The van der Waals surface area contributed by atoms with E-state index in [1.54, 1.807) is 0 Å². The summed E-state index contributed by atoms with van der Waals surface area (Å²) in [6.45, 7) is 0. The van der Waals surface area contributed by atoms with E-state index in [2.05, 4.69) is 0 Å². The summed E-state index contributed by atoms with van der Waals surface area (Å²) < 4.78 is 0. The van der Waals surface area contributed by atoms with Crippen molar-refractivity contribution in [2.45, 2.75) is 0 Å². The first-order chi connectivity index (χ1) is 0. The van der Waals surface area contributed by atoms with Crippen LogP contribution in [0.1, 0.15) is 0 Å². The molecule has 0 aromatic heterocycles. The SMILES string of the molecule is O.O.O.[Cr].[Ni+2].[OH-].[OH-]. The zero-order valence-corrected chi connectivity index (χ0v) is 5.38. The summed E-state index contributed by atoms with van der Waals surface area (Å²) in [5, 5.41) is 0. The normalized spacial score (nSPS) is 0. The van der Waals surface area contributed by atoms with Crippen LogP contribution in [0.15, 0.2) is 0 Å². The molecule has 0 saturated carbocycles. The summed E-state index contributed by atoms with van der Waals surface area (Å²) in [6, 6.07) is 0. The van der Waals surface area contributed by atoms with Crippen LogP contribution in [0.25, 0.3) is 0 Å². The van der Waals surface area contributed by atoms with E-state index in [1.807, 2.05) is 0 Å². The number of hydrogen-bond donors (Lipinski definition) is 0. The van der Waals surface area contributed by atoms with Gasteiger partial charge in [0.2, 0.25) is 0 Å². The van der Waals surface area contributed by atoms with Gasteiger partial charge in [0.05, 0.1) is 0 Å². The predicted molar refractivity (Wildman–Crippen MR) is 14.7 cm³/mol. The molecule has 0 atom stereocenters. The third-order valence-electron chi connectivity index (χ3n) is 0. The molecular formula is H8CrNiO5. The average Bonchev–Trinajstić information content (AvgIpc) is 0. The molecule has 0 saturated heterocycles. The Kier molecular flexibility index (Phi) is 25900. The summed E-state index contributed by atoms with van der Waals surface area (Å²) in [5.41, 5.74) is 0. The maximum Gasteiger partial charge on any atom is 2.00 e. The van der Waals surface area contributed by atoms with Crippen molar-refractivity contribution in [2.24, 2.45) is 0 Å². The Balaban J connectivity index is 0. The minimum Gasteiger partial charge on any atom is -0.870 e. The Morgan fingerprint density at radius 1 is 0.571 bits per heavy atom. The molecule has 7 heteroatoms. The van der Waals surface area contributed by atoms with Gasteiger partial charge in [0, 0.05) is 17.4 Å². The molecule has 0 aromatic rings. The molecule has 0 aliphatic heterocycles. The maximum atomic E-state index is 0. The molecule has 54 valence electrons. The third kappa shape index (κ3) is 233.